The second kappa shape index (κ2) is 30.2. The summed E-state index contributed by atoms with van der Waals surface area (Å²) in [7, 11) is 0. The van der Waals surface area contributed by atoms with E-state index in [1.807, 2.05) is 18.2 Å². The van der Waals surface area contributed by atoms with Gasteiger partial charge in [0.15, 0.2) is 23.3 Å². The predicted octanol–water partition coefficient (Wildman–Crippen LogP) is 30.5. The number of hydrogen-bond acceptors (Lipinski definition) is 6. The van der Waals surface area contributed by atoms with Gasteiger partial charge in [-0.25, -0.2) is 9.97 Å². The smallest absolute Gasteiger partial charge is 0.238 e. The molecule has 8 nitrogen and oxygen atoms in total. The molecule has 0 aliphatic heterocycles. The Bertz CT molecular complexity index is 8150. The summed E-state index contributed by atoms with van der Waals surface area (Å²) in [5.74, 6) is 3.55. The molecule has 0 radical (unpaired) electrons. The van der Waals surface area contributed by atoms with E-state index in [0.29, 0.717) is 35.2 Å². The maximum atomic E-state index is 5.52. The second-order valence-corrected chi connectivity index (χ2v) is 34.9. The number of benzene rings is 18. The van der Waals surface area contributed by atoms with Crippen molar-refractivity contribution in [3.8, 4) is 180 Å². The molecule has 4 heterocycles. The lowest BCUT2D eigenvalue weighted by Crippen LogP contribution is -2.17. The molecule has 602 valence electrons. The molecule has 128 heavy (non-hydrogen) atoms. The predicted molar refractivity (Wildman–Crippen MR) is 528 cm³/mol. The van der Waals surface area contributed by atoms with Gasteiger partial charge in [-0.2, -0.15) is 19.9 Å². The molecule has 0 N–H and O–H groups in total. The fraction of sp³-hybridized carbons (Fsp3) is 0.0500. The van der Waals surface area contributed by atoms with Crippen molar-refractivity contribution in [1.82, 2.24) is 39.0 Å². The van der Waals surface area contributed by atoms with Gasteiger partial charge in [-0.1, -0.05) is 422 Å². The van der Waals surface area contributed by atoms with Gasteiger partial charge >= 0.3 is 0 Å². The molecule has 22 aromatic rings. The first-order valence-corrected chi connectivity index (χ1v) is 43.9. The van der Waals surface area contributed by atoms with E-state index in [0.717, 1.165) is 138 Å². The van der Waals surface area contributed by atoms with Crippen LogP contribution in [0, 0.1) is 0 Å². The van der Waals surface area contributed by atoms with Crippen molar-refractivity contribution < 1.29 is 0 Å². The van der Waals surface area contributed by atoms with Crippen LogP contribution >= 0.6 is 0 Å². The van der Waals surface area contributed by atoms with E-state index in [1.165, 1.54) is 72.1 Å². The lowest BCUT2D eigenvalue weighted by atomic mass is 9.81. The Morgan fingerprint density at radius 2 is 0.398 bits per heavy atom. The van der Waals surface area contributed by atoms with Gasteiger partial charge in [0.1, 0.15) is 0 Å². The highest BCUT2D eigenvalue weighted by molar-refractivity contribution is 6.14. The summed E-state index contributed by atoms with van der Waals surface area (Å²) in [6, 6.07) is 153. The third kappa shape index (κ3) is 12.8. The summed E-state index contributed by atoms with van der Waals surface area (Å²) in [5, 5.41) is 4.65. The summed E-state index contributed by atoms with van der Waals surface area (Å²) >= 11 is 0. The number of aromatic nitrogens is 8. The number of nitrogens with zero attached hydrogens (tertiary/aromatic N) is 8. The molecule has 4 aromatic heterocycles. The summed E-state index contributed by atoms with van der Waals surface area (Å²) in [5.41, 5.74) is 38.2. The number of rotatable bonds is 15. The zero-order valence-electron chi connectivity index (χ0n) is 71.0. The first-order valence-electron chi connectivity index (χ1n) is 43.9. The average molecular weight is 1640 g/mol. The molecular weight excluding hydrogens is 1550 g/mol. The van der Waals surface area contributed by atoms with E-state index in [4.69, 9.17) is 29.9 Å². The molecule has 18 aromatic carbocycles. The van der Waals surface area contributed by atoms with E-state index >= 15 is 0 Å². The molecule has 0 amide bonds. The molecule has 0 unspecified atom stereocenters. The summed E-state index contributed by atoms with van der Waals surface area (Å²) in [4.78, 5) is 32.4. The molecule has 0 fully saturated rings. The average Bonchev–Trinajstić information content (AvgIpc) is 1.54. The Morgan fingerprint density at radius 1 is 0.172 bits per heavy atom. The summed E-state index contributed by atoms with van der Waals surface area (Å²) in [6.45, 7) is 9.39. The van der Waals surface area contributed by atoms with E-state index in [1.54, 1.807) is 0 Å². The monoisotopic (exact) mass is 1630 g/mol. The highest BCUT2D eigenvalue weighted by atomic mass is 15.2. The standard InChI is InChI=1S/C120H82N8/c1-119(2)105-36-15-11-32-97(105)101-68-70-103-99-34-13-17-38-107(99)127(111(103)109(101)119)117-123-113(87-24-9-6-10-25-87)121-114(124-117)89-64-58-85(59-65-89)96-31-21-29-94(74-96)84-54-52-83(53-55-84)93-28-19-26-91(72-93)82-50-46-79(47-51-82)80-56-62-88(63-57-80)115-122-116(126-118(125-115)128-108-39-18-14-35-100(108)104-71-69-102-98-33-12-16-37-106(98)120(3,4)110(102)112(104)128)90-66-60-86(61-67-90)95-30-20-27-92(73-95)81-48-44-78(45-49-81)77-42-40-76(41-43-77)75-22-7-5-8-23-75/h5-74H,1-4H3. The minimum Gasteiger partial charge on any atom is -0.277 e. The molecule has 2 aliphatic rings. The highest BCUT2D eigenvalue weighted by Crippen LogP contribution is 2.55. The van der Waals surface area contributed by atoms with E-state index < -0.39 is 0 Å². The van der Waals surface area contributed by atoms with Gasteiger partial charge in [0.05, 0.1) is 22.1 Å². The summed E-state index contributed by atoms with van der Waals surface area (Å²) in [6.07, 6.45) is 0. The molecule has 8 heteroatoms. The van der Waals surface area contributed by atoms with Crippen LogP contribution in [-0.4, -0.2) is 39.0 Å². The SMILES string of the molecule is CC1(C)c2ccccc2-c2ccc3c4ccccc4n(-c4nc(-c5ccccc5)nc(-c5ccc(-c6cccc(-c7ccc(-c8cccc(-c9ccc(-c%10ccc(-c%11nc(-c%12ccc(-c%13cccc(-c%14ccc(-c%15ccc(-c%16ccccc%16)cc%15)cc%14)c%13)cc%12)nc(-n%12c%13ccccc%13c%13ccc%14c(c%13%12)C(C)(C)c%12ccccc%12-%14)n%11)cc%10)cc9)c8)cc7)c6)cc5)n4)c3c21. The van der Waals surface area contributed by atoms with Gasteiger partial charge in [0.2, 0.25) is 11.9 Å². The minimum atomic E-state index is -0.306. The summed E-state index contributed by atoms with van der Waals surface area (Å²) < 4.78 is 4.59. The van der Waals surface area contributed by atoms with Gasteiger partial charge < -0.3 is 0 Å². The van der Waals surface area contributed by atoms with Crippen LogP contribution in [0.15, 0.2) is 425 Å². The minimum absolute atomic E-state index is 0.267. The lowest BCUT2D eigenvalue weighted by molar-refractivity contribution is 0.663. The van der Waals surface area contributed by atoms with Crippen molar-refractivity contribution in [1.29, 1.82) is 0 Å². The molecule has 2 aliphatic carbocycles. The van der Waals surface area contributed by atoms with E-state index in [9.17, 15) is 0 Å². The Balaban J connectivity index is 0.499. The lowest BCUT2D eigenvalue weighted by Gasteiger charge is -2.23. The van der Waals surface area contributed by atoms with Crippen molar-refractivity contribution in [2.24, 2.45) is 0 Å². The van der Waals surface area contributed by atoms with Gasteiger partial charge in [-0.15, -0.1) is 0 Å². The van der Waals surface area contributed by atoms with Crippen LogP contribution in [0.4, 0.5) is 0 Å². The van der Waals surface area contributed by atoms with Crippen molar-refractivity contribution in [3.05, 3.63) is 447 Å². The first-order chi connectivity index (χ1) is 62.9. The number of hydrogen-bond donors (Lipinski definition) is 0. The van der Waals surface area contributed by atoms with Crippen LogP contribution in [0.1, 0.15) is 49.9 Å². The molecule has 24 rings (SSSR count). The zero-order chi connectivity index (χ0) is 85.3. The van der Waals surface area contributed by atoms with Crippen molar-refractivity contribution >= 4 is 43.6 Å². The van der Waals surface area contributed by atoms with Crippen LogP contribution in [0.2, 0.25) is 0 Å². The zero-order valence-corrected chi connectivity index (χ0v) is 71.0. The Morgan fingerprint density at radius 3 is 0.703 bits per heavy atom. The maximum absolute atomic E-state index is 5.52. The first kappa shape index (κ1) is 75.3. The van der Waals surface area contributed by atoms with Gasteiger partial charge in [-0.05, 0) is 175 Å². The molecule has 0 spiro atoms. The fourth-order valence-corrected chi connectivity index (χ4v) is 20.2. The fourth-order valence-electron chi connectivity index (χ4n) is 20.2. The normalized spacial score (nSPS) is 12.8. The molecule has 0 atom stereocenters. The quantitative estimate of drug-likeness (QED) is 0.102. The Labute approximate surface area is 742 Å². The Kier molecular flexibility index (Phi) is 17.8. The van der Waals surface area contributed by atoms with Crippen molar-refractivity contribution in [2.45, 2.75) is 38.5 Å². The topological polar surface area (TPSA) is 87.2 Å². The van der Waals surface area contributed by atoms with E-state index in [2.05, 4.69) is 443 Å². The Hall–Kier alpha value is -16.4. The van der Waals surface area contributed by atoms with Gasteiger partial charge in [-0.3, -0.25) is 9.13 Å². The highest BCUT2D eigenvalue weighted by Gasteiger charge is 2.41. The molecule has 0 bridgehead atoms. The van der Waals surface area contributed by atoms with Crippen LogP contribution in [-0.2, 0) is 10.8 Å². The van der Waals surface area contributed by atoms with E-state index in [-0.39, 0.29) is 10.8 Å². The van der Waals surface area contributed by atoms with Crippen molar-refractivity contribution in [2.75, 3.05) is 0 Å². The van der Waals surface area contributed by atoms with Crippen LogP contribution in [0.3, 0.4) is 0 Å². The number of para-hydroxylation sites is 2. The van der Waals surface area contributed by atoms with Crippen LogP contribution in [0.5, 0.6) is 0 Å². The maximum Gasteiger partial charge on any atom is 0.238 e. The third-order valence-corrected chi connectivity index (χ3v) is 26.7. The van der Waals surface area contributed by atoms with Gasteiger partial charge in [0, 0.05) is 54.6 Å². The van der Waals surface area contributed by atoms with Crippen molar-refractivity contribution in [3.63, 3.8) is 0 Å². The van der Waals surface area contributed by atoms with Crippen LogP contribution < -0.4 is 0 Å². The number of fused-ring (bicyclic) bond motifs is 14. The molecule has 0 saturated heterocycles. The largest absolute Gasteiger partial charge is 0.277 e. The molecule has 0 saturated carbocycles. The molecular formula is C120H82N8. The van der Waals surface area contributed by atoms with Gasteiger partial charge in [0.25, 0.3) is 0 Å². The second-order valence-electron chi connectivity index (χ2n) is 34.9. The van der Waals surface area contributed by atoms with Crippen LogP contribution in [0.25, 0.3) is 223 Å². The third-order valence-electron chi connectivity index (χ3n) is 26.7.